The van der Waals surface area contributed by atoms with Gasteiger partial charge < -0.3 is 5.73 Å². The van der Waals surface area contributed by atoms with Crippen LogP contribution in [-0.2, 0) is 4.79 Å². The Kier molecular flexibility index (Phi) is 2.79. The fraction of sp³-hybridized carbons (Fsp3) is 0.714. The second kappa shape index (κ2) is 3.35. The van der Waals surface area contributed by atoms with Gasteiger partial charge in [0.2, 0.25) is 5.91 Å². The molecule has 1 amide bonds. The zero-order chi connectivity index (χ0) is 9.35. The molecule has 3 nitrogen and oxygen atoms in total. The minimum absolute atomic E-state index is 0.157. The maximum atomic E-state index is 11.0. The highest BCUT2D eigenvalue weighted by Gasteiger charge is 2.48. The van der Waals surface area contributed by atoms with Gasteiger partial charge in [-0.1, -0.05) is 31.9 Å². The summed E-state index contributed by atoms with van der Waals surface area (Å²) >= 11 is 6.77. The second-order valence-electron chi connectivity index (χ2n) is 3.00. The molecule has 1 aliphatic carbocycles. The summed E-state index contributed by atoms with van der Waals surface area (Å²) in [5, 5.41) is 8.83. The van der Waals surface area contributed by atoms with Crippen LogP contribution in [0.5, 0.6) is 0 Å². The smallest absolute Gasteiger partial charge is 0.237 e. The maximum Gasteiger partial charge on any atom is 0.237 e. The molecule has 0 heterocycles. The first-order valence-corrected chi connectivity index (χ1v) is 5.34. The van der Waals surface area contributed by atoms with Gasteiger partial charge in [0.1, 0.15) is 5.41 Å². The van der Waals surface area contributed by atoms with Crippen LogP contribution in [0.15, 0.2) is 0 Å². The van der Waals surface area contributed by atoms with Crippen LogP contribution in [0.2, 0.25) is 0 Å². The van der Waals surface area contributed by atoms with Gasteiger partial charge in [-0.25, -0.2) is 0 Å². The number of nitrogens with zero attached hydrogens (tertiary/aromatic N) is 1. The van der Waals surface area contributed by atoms with Crippen molar-refractivity contribution in [3.8, 4) is 6.07 Å². The van der Waals surface area contributed by atoms with E-state index >= 15 is 0 Å². The number of alkyl halides is 2. The SMILES string of the molecule is N#CC1(C(N)=O)CC(Br)[C@@H](Br)C1. The number of amides is 1. The minimum Gasteiger partial charge on any atom is -0.368 e. The predicted molar refractivity (Wildman–Crippen MR) is 51.9 cm³/mol. The van der Waals surface area contributed by atoms with Gasteiger partial charge in [0.05, 0.1) is 6.07 Å². The molecule has 0 aromatic heterocycles. The summed E-state index contributed by atoms with van der Waals surface area (Å²) in [5.41, 5.74) is 4.19. The highest BCUT2D eigenvalue weighted by atomic mass is 79.9. The van der Waals surface area contributed by atoms with Crippen molar-refractivity contribution in [1.82, 2.24) is 0 Å². The molecule has 1 saturated carbocycles. The van der Waals surface area contributed by atoms with Gasteiger partial charge >= 0.3 is 0 Å². The van der Waals surface area contributed by atoms with E-state index in [1.807, 2.05) is 6.07 Å². The molecule has 2 unspecified atom stereocenters. The first-order chi connectivity index (χ1) is 5.52. The molecule has 1 aliphatic rings. The molecule has 0 spiro atoms. The van der Waals surface area contributed by atoms with Crippen molar-refractivity contribution in [1.29, 1.82) is 5.26 Å². The van der Waals surface area contributed by atoms with Crippen LogP contribution in [-0.4, -0.2) is 15.6 Å². The summed E-state index contributed by atoms with van der Waals surface area (Å²) < 4.78 is 0. The van der Waals surface area contributed by atoms with E-state index in [0.29, 0.717) is 12.8 Å². The number of hydrogen-bond acceptors (Lipinski definition) is 2. The summed E-state index contributed by atoms with van der Waals surface area (Å²) in [4.78, 5) is 11.3. The van der Waals surface area contributed by atoms with E-state index in [4.69, 9.17) is 11.0 Å². The molecule has 0 bridgehead atoms. The van der Waals surface area contributed by atoms with Gasteiger partial charge in [-0.3, -0.25) is 4.79 Å². The monoisotopic (exact) mass is 294 g/mol. The summed E-state index contributed by atoms with van der Waals surface area (Å²) in [7, 11) is 0. The Labute approximate surface area is 87.6 Å². The number of hydrogen-bond donors (Lipinski definition) is 1. The van der Waals surface area contributed by atoms with E-state index in [-0.39, 0.29) is 9.65 Å². The predicted octanol–water partition coefficient (Wildman–Crippen LogP) is 1.30. The largest absolute Gasteiger partial charge is 0.368 e. The minimum atomic E-state index is -0.970. The fourth-order valence-corrected chi connectivity index (χ4v) is 2.83. The van der Waals surface area contributed by atoms with Crippen molar-refractivity contribution in [3.63, 3.8) is 0 Å². The van der Waals surface area contributed by atoms with Crippen molar-refractivity contribution in [3.05, 3.63) is 0 Å². The van der Waals surface area contributed by atoms with Gasteiger partial charge in [-0.15, -0.1) is 0 Å². The Balaban J connectivity index is 2.88. The number of carbonyl (C=O) groups is 1. The Morgan fingerprint density at radius 1 is 1.50 bits per heavy atom. The van der Waals surface area contributed by atoms with Crippen LogP contribution in [0.3, 0.4) is 0 Å². The topological polar surface area (TPSA) is 66.9 Å². The van der Waals surface area contributed by atoms with E-state index < -0.39 is 11.3 Å². The standard InChI is InChI=1S/C7H8Br2N2O/c8-4-1-7(3-10,6(11)12)2-5(4)9/h4-5H,1-2H2,(H2,11,12)/t4-,5?,7?/m0/s1. The van der Waals surface area contributed by atoms with Crippen LogP contribution in [0.1, 0.15) is 12.8 Å². The summed E-state index contributed by atoms with van der Waals surface area (Å²) in [6.45, 7) is 0. The van der Waals surface area contributed by atoms with E-state index in [0.717, 1.165) is 0 Å². The molecule has 0 aromatic carbocycles. The Bertz CT molecular complexity index is 238. The van der Waals surface area contributed by atoms with Crippen molar-refractivity contribution >= 4 is 37.8 Å². The van der Waals surface area contributed by atoms with Crippen molar-refractivity contribution in [2.45, 2.75) is 22.5 Å². The number of nitriles is 1. The fourth-order valence-electron chi connectivity index (χ4n) is 1.35. The van der Waals surface area contributed by atoms with Gasteiger partial charge in [-0.05, 0) is 12.8 Å². The van der Waals surface area contributed by atoms with Crippen LogP contribution < -0.4 is 5.73 Å². The molecule has 12 heavy (non-hydrogen) atoms. The third-order valence-electron chi connectivity index (χ3n) is 2.17. The molecule has 3 atom stereocenters. The number of primary amides is 1. The Morgan fingerprint density at radius 2 is 1.92 bits per heavy atom. The Hall–Kier alpha value is -0.0800. The van der Waals surface area contributed by atoms with Crippen LogP contribution in [0.25, 0.3) is 0 Å². The molecule has 5 heteroatoms. The molecular formula is C7H8Br2N2O. The van der Waals surface area contributed by atoms with Crippen molar-refractivity contribution < 1.29 is 4.79 Å². The summed E-state index contributed by atoms with van der Waals surface area (Å²) in [5.74, 6) is -0.517. The van der Waals surface area contributed by atoms with E-state index in [9.17, 15) is 4.79 Å². The number of nitrogens with two attached hydrogens (primary N) is 1. The average molecular weight is 296 g/mol. The number of carbonyl (C=O) groups excluding carboxylic acids is 1. The van der Waals surface area contributed by atoms with Crippen molar-refractivity contribution in [2.24, 2.45) is 11.1 Å². The molecule has 0 radical (unpaired) electrons. The molecule has 0 aromatic rings. The third-order valence-corrected chi connectivity index (χ3v) is 4.80. The first-order valence-electron chi connectivity index (χ1n) is 3.51. The van der Waals surface area contributed by atoms with Crippen LogP contribution in [0, 0.1) is 16.7 Å². The third kappa shape index (κ3) is 1.50. The lowest BCUT2D eigenvalue weighted by Gasteiger charge is -2.14. The van der Waals surface area contributed by atoms with Crippen LogP contribution >= 0.6 is 31.9 Å². The van der Waals surface area contributed by atoms with E-state index in [2.05, 4.69) is 31.9 Å². The highest BCUT2D eigenvalue weighted by molar-refractivity contribution is 9.12. The molecular weight excluding hydrogens is 288 g/mol. The van der Waals surface area contributed by atoms with Gasteiger partial charge in [0.15, 0.2) is 0 Å². The molecule has 0 aliphatic heterocycles. The Morgan fingerprint density at radius 3 is 2.08 bits per heavy atom. The van der Waals surface area contributed by atoms with Gasteiger partial charge in [0.25, 0.3) is 0 Å². The maximum absolute atomic E-state index is 11.0. The molecule has 1 rings (SSSR count). The first kappa shape index (κ1) is 10.0. The molecule has 2 N–H and O–H groups in total. The average Bonchev–Trinajstić information content (AvgIpc) is 2.29. The molecule has 66 valence electrons. The zero-order valence-corrected chi connectivity index (χ0v) is 9.43. The quantitative estimate of drug-likeness (QED) is 0.741. The lowest BCUT2D eigenvalue weighted by Crippen LogP contribution is -2.33. The lowest BCUT2D eigenvalue weighted by atomic mass is 9.87. The summed E-state index contributed by atoms with van der Waals surface area (Å²) in [6, 6.07) is 2.00. The van der Waals surface area contributed by atoms with Gasteiger partial charge in [-0.2, -0.15) is 5.26 Å². The number of halogens is 2. The summed E-state index contributed by atoms with van der Waals surface area (Å²) in [6.07, 6.45) is 0.990. The van der Waals surface area contributed by atoms with E-state index in [1.165, 1.54) is 0 Å². The lowest BCUT2D eigenvalue weighted by molar-refractivity contribution is -0.124. The zero-order valence-electron chi connectivity index (χ0n) is 6.26. The number of rotatable bonds is 1. The molecule has 1 fully saturated rings. The molecule has 0 saturated heterocycles. The normalized spacial score (nSPS) is 40.8. The van der Waals surface area contributed by atoms with Crippen molar-refractivity contribution in [2.75, 3.05) is 0 Å². The second-order valence-corrected chi connectivity index (χ2v) is 5.35. The van der Waals surface area contributed by atoms with E-state index in [1.54, 1.807) is 0 Å². The van der Waals surface area contributed by atoms with Gasteiger partial charge in [0, 0.05) is 9.65 Å². The highest BCUT2D eigenvalue weighted by Crippen LogP contribution is 2.44. The van der Waals surface area contributed by atoms with Crippen LogP contribution in [0.4, 0.5) is 0 Å².